The number of rotatable bonds is 1. The lowest BCUT2D eigenvalue weighted by atomic mass is 9.94. The molecule has 1 heterocycles. The zero-order valence-corrected chi connectivity index (χ0v) is 9.57. The van der Waals surface area contributed by atoms with Crippen molar-refractivity contribution in [1.29, 1.82) is 0 Å². The Kier molecular flexibility index (Phi) is 2.34. The van der Waals surface area contributed by atoms with E-state index in [1.807, 2.05) is 0 Å². The lowest BCUT2D eigenvalue weighted by Gasteiger charge is -2.31. The molecule has 0 aromatic heterocycles. The predicted octanol–water partition coefficient (Wildman–Crippen LogP) is 3.88. The topological polar surface area (TPSA) is 52.4 Å². The van der Waals surface area contributed by atoms with E-state index in [4.69, 9.17) is 0 Å². The second kappa shape index (κ2) is 3.66. The van der Waals surface area contributed by atoms with Crippen LogP contribution in [0.15, 0.2) is 30.3 Å². The number of nitro groups is 1. The first-order valence-electron chi connectivity index (χ1n) is 5.41. The van der Waals surface area contributed by atoms with Crippen LogP contribution in [-0.2, 0) is 17.0 Å². The molecule has 1 aliphatic heterocycles. The first-order chi connectivity index (χ1) is 9.24. The number of ether oxygens (including phenoxy) is 1. The van der Waals surface area contributed by atoms with Crippen LogP contribution in [0.2, 0.25) is 0 Å². The van der Waals surface area contributed by atoms with E-state index in [0.29, 0.717) is 0 Å². The second-order valence-corrected chi connectivity index (χ2v) is 4.25. The maximum atomic E-state index is 13.6. The minimum atomic E-state index is -4.22. The fourth-order valence-electron chi connectivity index (χ4n) is 2.31. The van der Waals surface area contributed by atoms with E-state index < -0.39 is 39.3 Å². The second-order valence-electron chi connectivity index (χ2n) is 4.25. The maximum absolute atomic E-state index is 13.6. The first kappa shape index (κ1) is 12.8. The first-order valence-corrected chi connectivity index (χ1v) is 5.41. The summed E-state index contributed by atoms with van der Waals surface area (Å²) in [6.07, 6.45) is -8.43. The molecule has 1 aliphatic rings. The fourth-order valence-corrected chi connectivity index (χ4v) is 2.31. The Labute approximate surface area is 108 Å². The Balaban J connectivity index is 2.51. The maximum Gasteiger partial charge on any atom is 0.388 e. The SMILES string of the molecule is O=[N+]([O-])c1ccc2c3c(cccc13)C(F)(F)OC2(F)F. The van der Waals surface area contributed by atoms with Gasteiger partial charge in [-0.2, -0.15) is 17.6 Å². The number of nitro benzene ring substituents is 1. The Morgan fingerprint density at radius 1 is 1.00 bits per heavy atom. The van der Waals surface area contributed by atoms with Gasteiger partial charge in [0.15, 0.2) is 0 Å². The molecule has 8 heteroatoms. The monoisotopic (exact) mass is 287 g/mol. The number of nitrogens with zero attached hydrogens (tertiary/aromatic N) is 1. The summed E-state index contributed by atoms with van der Waals surface area (Å²) in [4.78, 5) is 10.1. The number of hydrogen-bond acceptors (Lipinski definition) is 3. The minimum absolute atomic E-state index is 0.271. The van der Waals surface area contributed by atoms with Crippen molar-refractivity contribution < 1.29 is 27.2 Å². The Hall–Kier alpha value is -2.22. The summed E-state index contributed by atoms with van der Waals surface area (Å²) in [5, 5.41) is 10.1. The summed E-state index contributed by atoms with van der Waals surface area (Å²) in [6.45, 7) is 0. The standard InChI is InChI=1S/C12H5F4NO3/c13-11(14)7-3-1-2-6-9(17(18)19)5-4-8(10(6)7)12(15,16)20-11/h1-5H. The van der Waals surface area contributed by atoms with Gasteiger partial charge in [-0.15, -0.1) is 0 Å². The van der Waals surface area contributed by atoms with Crippen molar-refractivity contribution in [3.63, 3.8) is 0 Å². The molecule has 0 spiro atoms. The van der Waals surface area contributed by atoms with Gasteiger partial charge in [0, 0.05) is 11.5 Å². The molecule has 0 bridgehead atoms. The molecular formula is C12H5F4NO3. The van der Waals surface area contributed by atoms with Crippen molar-refractivity contribution in [3.05, 3.63) is 51.6 Å². The summed E-state index contributed by atoms with van der Waals surface area (Å²) in [7, 11) is 0. The van der Waals surface area contributed by atoms with Crippen molar-refractivity contribution in [3.8, 4) is 0 Å². The lowest BCUT2D eigenvalue weighted by molar-refractivity contribution is -0.394. The molecular weight excluding hydrogens is 282 g/mol. The van der Waals surface area contributed by atoms with Crippen LogP contribution in [0, 0.1) is 10.1 Å². The summed E-state index contributed by atoms with van der Waals surface area (Å²) in [6, 6.07) is 4.78. The highest BCUT2D eigenvalue weighted by atomic mass is 19.3. The van der Waals surface area contributed by atoms with Crippen LogP contribution in [-0.4, -0.2) is 4.92 Å². The van der Waals surface area contributed by atoms with Crippen molar-refractivity contribution in [2.75, 3.05) is 0 Å². The third-order valence-electron chi connectivity index (χ3n) is 3.10. The molecule has 3 rings (SSSR count). The molecule has 0 aliphatic carbocycles. The normalized spacial score (nSPS) is 19.0. The van der Waals surface area contributed by atoms with Gasteiger partial charge in [0.05, 0.1) is 21.4 Å². The number of non-ortho nitro benzene ring substituents is 1. The highest BCUT2D eigenvalue weighted by Crippen LogP contribution is 2.51. The van der Waals surface area contributed by atoms with Gasteiger partial charge in [-0.3, -0.25) is 10.1 Å². The van der Waals surface area contributed by atoms with Gasteiger partial charge < -0.3 is 0 Å². The highest BCUT2D eigenvalue weighted by molar-refractivity contribution is 5.96. The predicted molar refractivity (Wildman–Crippen MR) is 59.5 cm³/mol. The van der Waals surface area contributed by atoms with Crippen molar-refractivity contribution in [2.24, 2.45) is 0 Å². The Morgan fingerprint density at radius 3 is 2.20 bits per heavy atom. The van der Waals surface area contributed by atoms with Crippen LogP contribution < -0.4 is 0 Å². The molecule has 0 atom stereocenters. The quantitative estimate of drug-likeness (QED) is 0.454. The van der Waals surface area contributed by atoms with E-state index in [0.717, 1.165) is 30.3 Å². The van der Waals surface area contributed by atoms with Gasteiger partial charge in [-0.25, -0.2) is 4.74 Å². The average Bonchev–Trinajstić information content (AvgIpc) is 2.33. The van der Waals surface area contributed by atoms with Gasteiger partial charge in [0.2, 0.25) is 0 Å². The minimum Gasteiger partial charge on any atom is -0.258 e. The average molecular weight is 287 g/mol. The third kappa shape index (κ3) is 1.58. The Morgan fingerprint density at radius 2 is 1.60 bits per heavy atom. The van der Waals surface area contributed by atoms with E-state index >= 15 is 0 Å². The molecule has 0 radical (unpaired) electrons. The molecule has 0 unspecified atom stereocenters. The van der Waals surface area contributed by atoms with E-state index in [1.165, 1.54) is 0 Å². The van der Waals surface area contributed by atoms with Gasteiger partial charge in [-0.05, 0) is 18.2 Å². The van der Waals surface area contributed by atoms with E-state index in [9.17, 15) is 27.7 Å². The number of halogens is 4. The zero-order valence-electron chi connectivity index (χ0n) is 9.57. The largest absolute Gasteiger partial charge is 0.388 e. The molecule has 4 nitrogen and oxygen atoms in total. The molecule has 0 saturated heterocycles. The van der Waals surface area contributed by atoms with Crippen LogP contribution in [0.25, 0.3) is 10.8 Å². The molecule has 0 fully saturated rings. The van der Waals surface area contributed by atoms with Crippen LogP contribution in [0.5, 0.6) is 0 Å². The van der Waals surface area contributed by atoms with E-state index in [1.54, 1.807) is 0 Å². The van der Waals surface area contributed by atoms with Gasteiger partial charge >= 0.3 is 12.2 Å². The molecule has 2 aromatic carbocycles. The summed E-state index contributed by atoms with van der Waals surface area (Å²) < 4.78 is 58.0. The highest BCUT2D eigenvalue weighted by Gasteiger charge is 2.53. The number of benzene rings is 2. The van der Waals surface area contributed by atoms with Crippen LogP contribution in [0.4, 0.5) is 23.2 Å². The molecule has 20 heavy (non-hydrogen) atoms. The smallest absolute Gasteiger partial charge is 0.258 e. The van der Waals surface area contributed by atoms with Gasteiger partial charge in [-0.1, -0.05) is 6.07 Å². The van der Waals surface area contributed by atoms with Crippen molar-refractivity contribution in [1.82, 2.24) is 0 Å². The zero-order chi connectivity index (χ0) is 14.7. The van der Waals surface area contributed by atoms with E-state index in [2.05, 4.69) is 4.74 Å². The van der Waals surface area contributed by atoms with E-state index in [-0.39, 0.29) is 5.39 Å². The molecule has 2 aromatic rings. The van der Waals surface area contributed by atoms with Gasteiger partial charge in [0.25, 0.3) is 5.69 Å². The third-order valence-corrected chi connectivity index (χ3v) is 3.10. The summed E-state index contributed by atoms with van der Waals surface area (Å²) >= 11 is 0. The van der Waals surface area contributed by atoms with Crippen LogP contribution in [0.1, 0.15) is 11.1 Å². The van der Waals surface area contributed by atoms with Crippen molar-refractivity contribution >= 4 is 16.5 Å². The number of hydrogen-bond donors (Lipinski definition) is 0. The lowest BCUT2D eigenvalue weighted by Crippen LogP contribution is -2.34. The molecule has 0 saturated carbocycles. The number of alkyl halides is 4. The molecule has 104 valence electrons. The fraction of sp³-hybridized carbons (Fsp3) is 0.167. The van der Waals surface area contributed by atoms with Crippen molar-refractivity contribution in [2.45, 2.75) is 12.2 Å². The summed E-state index contributed by atoms with van der Waals surface area (Å²) in [5.41, 5.74) is -2.13. The molecule has 0 amide bonds. The Bertz CT molecular complexity index is 725. The van der Waals surface area contributed by atoms with Crippen LogP contribution in [0.3, 0.4) is 0 Å². The van der Waals surface area contributed by atoms with Gasteiger partial charge in [0.1, 0.15) is 0 Å². The van der Waals surface area contributed by atoms with Crippen LogP contribution >= 0.6 is 0 Å². The summed E-state index contributed by atoms with van der Waals surface area (Å²) in [5.74, 6) is 0. The molecule has 0 N–H and O–H groups in total.